The Morgan fingerprint density at radius 1 is 1.35 bits per heavy atom. The molecular formula is C16H14N2O2. The van der Waals surface area contributed by atoms with E-state index < -0.39 is 6.09 Å². The van der Waals surface area contributed by atoms with Crippen molar-refractivity contribution in [1.29, 1.82) is 0 Å². The standard InChI is InChI=1S/C16H14N2O2/c1-3-13-11-17-10-9-15(13)18-16(19)20-12(2)14-7-5-4-6-8-14/h1,4-12H,2H3,(H,17,18,19)/t12-/m1/s1. The Hall–Kier alpha value is -2.80. The molecule has 1 N–H and O–H groups in total. The van der Waals surface area contributed by atoms with E-state index in [9.17, 15) is 4.79 Å². The van der Waals surface area contributed by atoms with Gasteiger partial charge in [0.15, 0.2) is 0 Å². The Balaban J connectivity index is 2.01. The number of nitrogens with zero attached hydrogens (tertiary/aromatic N) is 1. The lowest BCUT2D eigenvalue weighted by Crippen LogP contribution is -2.16. The van der Waals surface area contributed by atoms with Gasteiger partial charge in [-0.25, -0.2) is 4.79 Å². The van der Waals surface area contributed by atoms with E-state index in [-0.39, 0.29) is 6.10 Å². The molecule has 1 aromatic carbocycles. The van der Waals surface area contributed by atoms with Gasteiger partial charge in [-0.05, 0) is 18.6 Å². The summed E-state index contributed by atoms with van der Waals surface area (Å²) in [5.74, 6) is 2.45. The Kier molecular flexibility index (Phi) is 4.35. The van der Waals surface area contributed by atoms with Gasteiger partial charge in [-0.15, -0.1) is 6.42 Å². The van der Waals surface area contributed by atoms with Crippen molar-refractivity contribution in [2.45, 2.75) is 13.0 Å². The first-order valence-corrected chi connectivity index (χ1v) is 6.14. The summed E-state index contributed by atoms with van der Waals surface area (Å²) >= 11 is 0. The van der Waals surface area contributed by atoms with Gasteiger partial charge < -0.3 is 4.74 Å². The van der Waals surface area contributed by atoms with Crippen molar-refractivity contribution in [1.82, 2.24) is 4.98 Å². The lowest BCUT2D eigenvalue weighted by Gasteiger charge is -2.14. The third kappa shape index (κ3) is 3.36. The van der Waals surface area contributed by atoms with E-state index in [1.54, 1.807) is 12.3 Å². The van der Waals surface area contributed by atoms with E-state index in [0.29, 0.717) is 11.3 Å². The topological polar surface area (TPSA) is 51.2 Å². The largest absolute Gasteiger partial charge is 0.441 e. The van der Waals surface area contributed by atoms with Crippen LogP contribution in [0.15, 0.2) is 48.8 Å². The highest BCUT2D eigenvalue weighted by Gasteiger charge is 2.12. The maximum atomic E-state index is 11.8. The van der Waals surface area contributed by atoms with Gasteiger partial charge in [0.1, 0.15) is 6.10 Å². The monoisotopic (exact) mass is 266 g/mol. The van der Waals surface area contributed by atoms with Crippen LogP contribution in [-0.2, 0) is 4.74 Å². The van der Waals surface area contributed by atoms with Gasteiger partial charge in [-0.1, -0.05) is 36.3 Å². The van der Waals surface area contributed by atoms with Crippen LogP contribution in [0.25, 0.3) is 0 Å². The molecule has 1 amide bonds. The number of pyridine rings is 1. The van der Waals surface area contributed by atoms with E-state index in [0.717, 1.165) is 5.56 Å². The van der Waals surface area contributed by atoms with Crippen molar-refractivity contribution in [3.8, 4) is 12.3 Å². The number of terminal acetylenes is 1. The molecule has 4 heteroatoms. The predicted octanol–water partition coefficient (Wildman–Crippen LogP) is 3.37. The Labute approximate surface area is 117 Å². The lowest BCUT2D eigenvalue weighted by molar-refractivity contribution is 0.121. The highest BCUT2D eigenvalue weighted by Crippen LogP contribution is 2.18. The summed E-state index contributed by atoms with van der Waals surface area (Å²) < 4.78 is 5.30. The zero-order valence-electron chi connectivity index (χ0n) is 11.0. The van der Waals surface area contributed by atoms with Crippen molar-refractivity contribution < 1.29 is 9.53 Å². The fourth-order valence-corrected chi connectivity index (χ4v) is 1.71. The molecule has 0 radical (unpaired) electrons. The molecule has 4 nitrogen and oxygen atoms in total. The molecule has 0 fully saturated rings. The Morgan fingerprint density at radius 2 is 2.10 bits per heavy atom. The maximum absolute atomic E-state index is 11.8. The molecule has 0 spiro atoms. The normalized spacial score (nSPS) is 11.2. The number of rotatable bonds is 3. The summed E-state index contributed by atoms with van der Waals surface area (Å²) in [6.45, 7) is 1.81. The molecule has 0 saturated heterocycles. The van der Waals surface area contributed by atoms with Gasteiger partial charge >= 0.3 is 6.09 Å². The second-order valence-corrected chi connectivity index (χ2v) is 4.15. The SMILES string of the molecule is C#Cc1cnccc1NC(=O)O[C@H](C)c1ccccc1. The van der Waals surface area contributed by atoms with Gasteiger partial charge in [0.05, 0.1) is 11.3 Å². The first-order chi connectivity index (χ1) is 9.70. The van der Waals surface area contributed by atoms with E-state index in [4.69, 9.17) is 11.2 Å². The molecule has 1 heterocycles. The summed E-state index contributed by atoms with van der Waals surface area (Å²) in [5.41, 5.74) is 1.94. The summed E-state index contributed by atoms with van der Waals surface area (Å²) in [5, 5.41) is 2.62. The predicted molar refractivity (Wildman–Crippen MR) is 77.1 cm³/mol. The number of ether oxygens (including phenoxy) is 1. The second-order valence-electron chi connectivity index (χ2n) is 4.15. The van der Waals surface area contributed by atoms with E-state index in [2.05, 4.69) is 16.2 Å². The van der Waals surface area contributed by atoms with Crippen LogP contribution >= 0.6 is 0 Å². The number of anilines is 1. The number of benzene rings is 1. The molecule has 20 heavy (non-hydrogen) atoms. The van der Waals surface area contributed by atoms with Crippen molar-refractivity contribution in [3.05, 3.63) is 59.9 Å². The molecule has 0 unspecified atom stereocenters. The van der Waals surface area contributed by atoms with Crippen LogP contribution in [0.5, 0.6) is 0 Å². The third-order valence-electron chi connectivity index (χ3n) is 2.77. The van der Waals surface area contributed by atoms with E-state index in [1.807, 2.05) is 37.3 Å². The van der Waals surface area contributed by atoms with Crippen molar-refractivity contribution in [2.24, 2.45) is 0 Å². The number of hydrogen-bond donors (Lipinski definition) is 1. The smallest absolute Gasteiger partial charge is 0.412 e. The summed E-state index contributed by atoms with van der Waals surface area (Å²) in [6, 6.07) is 11.1. The molecule has 0 saturated carbocycles. The summed E-state index contributed by atoms with van der Waals surface area (Å²) in [4.78, 5) is 15.7. The molecule has 1 atom stereocenters. The minimum atomic E-state index is -0.552. The number of aromatic nitrogens is 1. The van der Waals surface area contributed by atoms with Crippen molar-refractivity contribution in [2.75, 3.05) is 5.32 Å². The summed E-state index contributed by atoms with van der Waals surface area (Å²) in [6.07, 6.45) is 7.51. The molecule has 0 aliphatic heterocycles. The van der Waals surface area contributed by atoms with Gasteiger partial charge in [-0.3, -0.25) is 10.3 Å². The van der Waals surface area contributed by atoms with Crippen LogP contribution in [0.2, 0.25) is 0 Å². The van der Waals surface area contributed by atoms with Crippen LogP contribution < -0.4 is 5.32 Å². The fourth-order valence-electron chi connectivity index (χ4n) is 1.71. The van der Waals surface area contributed by atoms with Crippen molar-refractivity contribution in [3.63, 3.8) is 0 Å². The van der Waals surface area contributed by atoms with Crippen LogP contribution in [0.4, 0.5) is 10.5 Å². The Bertz CT molecular complexity index is 632. The number of amides is 1. The number of carbonyl (C=O) groups excluding carboxylic acids is 1. The molecule has 2 rings (SSSR count). The highest BCUT2D eigenvalue weighted by atomic mass is 16.6. The van der Waals surface area contributed by atoms with Gasteiger partial charge in [0, 0.05) is 12.4 Å². The van der Waals surface area contributed by atoms with Crippen LogP contribution in [-0.4, -0.2) is 11.1 Å². The fraction of sp³-hybridized carbons (Fsp3) is 0.125. The van der Waals surface area contributed by atoms with Gasteiger partial charge in [-0.2, -0.15) is 0 Å². The summed E-state index contributed by atoms with van der Waals surface area (Å²) in [7, 11) is 0. The van der Waals surface area contributed by atoms with Crippen molar-refractivity contribution >= 4 is 11.8 Å². The first kappa shape index (κ1) is 13.6. The number of carbonyl (C=O) groups is 1. The quantitative estimate of drug-likeness (QED) is 0.866. The maximum Gasteiger partial charge on any atom is 0.412 e. The molecule has 1 aromatic heterocycles. The van der Waals surface area contributed by atoms with Crippen LogP contribution in [0.3, 0.4) is 0 Å². The van der Waals surface area contributed by atoms with Crippen LogP contribution in [0, 0.1) is 12.3 Å². The molecule has 0 aliphatic carbocycles. The van der Waals surface area contributed by atoms with E-state index in [1.165, 1.54) is 6.20 Å². The molecular weight excluding hydrogens is 252 g/mol. The highest BCUT2D eigenvalue weighted by molar-refractivity contribution is 5.86. The first-order valence-electron chi connectivity index (χ1n) is 6.14. The average molecular weight is 266 g/mol. The minimum Gasteiger partial charge on any atom is -0.441 e. The van der Waals surface area contributed by atoms with Gasteiger partial charge in [0.25, 0.3) is 0 Å². The molecule has 0 bridgehead atoms. The average Bonchev–Trinajstić information content (AvgIpc) is 2.48. The van der Waals surface area contributed by atoms with Gasteiger partial charge in [0.2, 0.25) is 0 Å². The third-order valence-corrected chi connectivity index (χ3v) is 2.77. The second kappa shape index (κ2) is 6.39. The molecule has 100 valence electrons. The van der Waals surface area contributed by atoms with E-state index >= 15 is 0 Å². The lowest BCUT2D eigenvalue weighted by atomic mass is 10.1. The number of nitrogens with one attached hydrogen (secondary N) is 1. The molecule has 0 aliphatic rings. The minimum absolute atomic E-state index is 0.340. The van der Waals surface area contributed by atoms with Crippen LogP contribution in [0.1, 0.15) is 24.2 Å². The number of hydrogen-bond acceptors (Lipinski definition) is 3. The zero-order chi connectivity index (χ0) is 14.4. The zero-order valence-corrected chi connectivity index (χ0v) is 11.0. The molecule has 2 aromatic rings. The Morgan fingerprint density at radius 3 is 2.80 bits per heavy atom.